The predicted octanol–water partition coefficient (Wildman–Crippen LogP) is 3.31. The van der Waals surface area contributed by atoms with Crippen molar-refractivity contribution in [2.45, 2.75) is 6.92 Å². The molecule has 1 aromatic heterocycles. The minimum absolute atomic E-state index is 0.0259. The molecule has 0 radical (unpaired) electrons. The van der Waals surface area contributed by atoms with Gasteiger partial charge in [0, 0.05) is 6.07 Å². The first kappa shape index (κ1) is 14.1. The maximum atomic E-state index is 12.1. The van der Waals surface area contributed by atoms with Gasteiger partial charge in [0.2, 0.25) is 0 Å². The van der Waals surface area contributed by atoms with Gasteiger partial charge in [-0.1, -0.05) is 6.07 Å². The Morgan fingerprint density at radius 3 is 2.70 bits per heavy atom. The van der Waals surface area contributed by atoms with Crippen molar-refractivity contribution in [3.05, 3.63) is 62.4 Å². The molecule has 102 valence electrons. The summed E-state index contributed by atoms with van der Waals surface area (Å²) in [5.41, 5.74) is 1.04. The summed E-state index contributed by atoms with van der Waals surface area (Å²) in [7, 11) is 0. The van der Waals surface area contributed by atoms with Gasteiger partial charge >= 0.3 is 0 Å². The molecule has 1 aromatic carbocycles. The molecule has 1 N–H and O–H groups in total. The Bertz CT molecular complexity index is 671. The number of halogens is 1. The first-order valence-corrected chi connectivity index (χ1v) is 6.44. The molecule has 6 nitrogen and oxygen atoms in total. The van der Waals surface area contributed by atoms with Crippen LogP contribution in [0.2, 0.25) is 0 Å². The zero-order valence-corrected chi connectivity index (χ0v) is 12.0. The van der Waals surface area contributed by atoms with Crippen LogP contribution < -0.4 is 5.32 Å². The second-order valence-electron chi connectivity index (χ2n) is 4.10. The molecule has 0 fully saturated rings. The number of nitrogens with zero attached hydrogens (tertiary/aromatic N) is 2. The van der Waals surface area contributed by atoms with Crippen LogP contribution in [0, 0.1) is 17.0 Å². The molecular weight excluding hydrogens is 326 g/mol. The van der Waals surface area contributed by atoms with E-state index >= 15 is 0 Å². The highest BCUT2D eigenvalue weighted by atomic mass is 79.9. The van der Waals surface area contributed by atoms with Crippen LogP contribution in [0.25, 0.3) is 0 Å². The molecule has 2 aromatic rings. The molecule has 20 heavy (non-hydrogen) atoms. The number of anilines is 1. The van der Waals surface area contributed by atoms with Gasteiger partial charge in [-0.2, -0.15) is 0 Å². The molecule has 7 heteroatoms. The van der Waals surface area contributed by atoms with Crippen LogP contribution in [0.3, 0.4) is 0 Å². The summed E-state index contributed by atoms with van der Waals surface area (Å²) in [6, 6.07) is 7.72. The van der Waals surface area contributed by atoms with Crippen LogP contribution in [0.5, 0.6) is 0 Å². The molecular formula is C13H10BrN3O3. The summed E-state index contributed by atoms with van der Waals surface area (Å²) in [6.45, 7) is 1.77. The molecule has 2 rings (SSSR count). The van der Waals surface area contributed by atoms with Crippen LogP contribution in [0.1, 0.15) is 15.9 Å². The van der Waals surface area contributed by atoms with Crippen LogP contribution in [0.4, 0.5) is 11.4 Å². The highest BCUT2D eigenvalue weighted by Crippen LogP contribution is 2.21. The number of benzene rings is 1. The molecule has 0 bridgehead atoms. The summed E-state index contributed by atoms with van der Waals surface area (Å²) < 4.78 is 0.636. The zero-order chi connectivity index (χ0) is 14.7. The van der Waals surface area contributed by atoms with Gasteiger partial charge in [-0.25, -0.2) is 4.98 Å². The highest BCUT2D eigenvalue weighted by Gasteiger charge is 2.20. The van der Waals surface area contributed by atoms with E-state index in [-0.39, 0.29) is 11.3 Å². The van der Waals surface area contributed by atoms with Gasteiger partial charge in [0.15, 0.2) is 0 Å². The van der Waals surface area contributed by atoms with Crippen molar-refractivity contribution in [2.24, 2.45) is 0 Å². The lowest BCUT2D eigenvalue weighted by atomic mass is 10.1. The lowest BCUT2D eigenvalue weighted by molar-refractivity contribution is -0.385. The van der Waals surface area contributed by atoms with Crippen LogP contribution in [-0.4, -0.2) is 15.8 Å². The highest BCUT2D eigenvalue weighted by molar-refractivity contribution is 9.10. The molecule has 0 saturated carbocycles. The van der Waals surface area contributed by atoms with E-state index in [0.29, 0.717) is 10.3 Å². The SMILES string of the molecule is Cc1ccc([N+](=O)[O-])c(C(=O)Nc2ccc(Br)nc2)c1. The lowest BCUT2D eigenvalue weighted by Gasteiger charge is -2.06. The third kappa shape index (κ3) is 3.18. The third-order valence-electron chi connectivity index (χ3n) is 2.58. The van der Waals surface area contributed by atoms with Crippen molar-refractivity contribution < 1.29 is 9.72 Å². The average molecular weight is 336 g/mol. The third-order valence-corrected chi connectivity index (χ3v) is 3.05. The number of amides is 1. The smallest absolute Gasteiger partial charge is 0.282 e. The number of pyridine rings is 1. The van der Waals surface area contributed by atoms with E-state index in [9.17, 15) is 14.9 Å². The fourth-order valence-electron chi connectivity index (χ4n) is 1.64. The van der Waals surface area contributed by atoms with Gasteiger partial charge in [-0.3, -0.25) is 14.9 Å². The Kier molecular flexibility index (Phi) is 4.09. The van der Waals surface area contributed by atoms with Gasteiger partial charge in [0.05, 0.1) is 16.8 Å². The summed E-state index contributed by atoms with van der Waals surface area (Å²) in [4.78, 5) is 26.5. The minimum atomic E-state index is -0.575. The quantitative estimate of drug-likeness (QED) is 0.529. The maximum absolute atomic E-state index is 12.1. The number of carbonyl (C=O) groups is 1. The molecule has 0 unspecified atom stereocenters. The van der Waals surface area contributed by atoms with Crippen LogP contribution in [-0.2, 0) is 0 Å². The number of carbonyl (C=O) groups excluding carboxylic acids is 1. The zero-order valence-electron chi connectivity index (χ0n) is 10.5. The average Bonchev–Trinajstić information content (AvgIpc) is 2.41. The van der Waals surface area contributed by atoms with Crippen molar-refractivity contribution in [2.75, 3.05) is 5.32 Å². The van der Waals surface area contributed by atoms with Crippen molar-refractivity contribution in [3.8, 4) is 0 Å². The molecule has 0 spiro atoms. The summed E-state index contributed by atoms with van der Waals surface area (Å²) in [6.07, 6.45) is 1.46. The molecule has 0 saturated heterocycles. The summed E-state index contributed by atoms with van der Waals surface area (Å²) in [5.74, 6) is -0.537. The maximum Gasteiger partial charge on any atom is 0.282 e. The van der Waals surface area contributed by atoms with Gasteiger partial charge in [-0.05, 0) is 46.6 Å². The van der Waals surface area contributed by atoms with E-state index in [1.807, 2.05) is 0 Å². The van der Waals surface area contributed by atoms with E-state index in [4.69, 9.17) is 0 Å². The van der Waals surface area contributed by atoms with Crippen molar-refractivity contribution in [3.63, 3.8) is 0 Å². The Morgan fingerprint density at radius 1 is 1.35 bits per heavy atom. The Balaban J connectivity index is 2.31. The number of aryl methyl sites for hydroxylation is 1. The Morgan fingerprint density at radius 2 is 2.10 bits per heavy atom. The first-order chi connectivity index (χ1) is 9.47. The molecule has 0 aliphatic heterocycles. The largest absolute Gasteiger partial charge is 0.320 e. The van der Waals surface area contributed by atoms with Gasteiger partial charge in [0.25, 0.3) is 11.6 Å². The topological polar surface area (TPSA) is 85.1 Å². The fraction of sp³-hybridized carbons (Fsp3) is 0.0769. The number of aromatic nitrogens is 1. The van der Waals surface area contributed by atoms with E-state index in [1.165, 1.54) is 18.3 Å². The number of hydrogen-bond acceptors (Lipinski definition) is 4. The van der Waals surface area contributed by atoms with Gasteiger partial charge in [-0.15, -0.1) is 0 Å². The van der Waals surface area contributed by atoms with E-state index in [0.717, 1.165) is 5.56 Å². The fourth-order valence-corrected chi connectivity index (χ4v) is 1.87. The Labute approximate surface area is 123 Å². The Hall–Kier alpha value is -2.28. The lowest BCUT2D eigenvalue weighted by Crippen LogP contribution is -2.14. The van der Waals surface area contributed by atoms with E-state index < -0.39 is 10.8 Å². The van der Waals surface area contributed by atoms with E-state index in [1.54, 1.807) is 25.1 Å². The summed E-state index contributed by atoms with van der Waals surface area (Å²) in [5, 5.41) is 13.5. The standard InChI is InChI=1S/C13H10BrN3O3/c1-8-2-4-11(17(19)20)10(6-8)13(18)16-9-3-5-12(14)15-7-9/h2-7H,1H3,(H,16,18). The minimum Gasteiger partial charge on any atom is -0.320 e. The van der Waals surface area contributed by atoms with Crippen molar-refractivity contribution >= 4 is 33.2 Å². The second-order valence-corrected chi connectivity index (χ2v) is 4.91. The number of hydrogen-bond donors (Lipinski definition) is 1. The molecule has 0 atom stereocenters. The van der Waals surface area contributed by atoms with Crippen LogP contribution in [0.15, 0.2) is 41.1 Å². The number of nitro groups is 1. The van der Waals surface area contributed by atoms with E-state index in [2.05, 4.69) is 26.2 Å². The van der Waals surface area contributed by atoms with Crippen molar-refractivity contribution in [1.29, 1.82) is 0 Å². The number of nitrogens with one attached hydrogen (secondary N) is 1. The first-order valence-electron chi connectivity index (χ1n) is 5.65. The molecule has 0 aliphatic rings. The molecule has 0 aliphatic carbocycles. The second kappa shape index (κ2) is 5.79. The normalized spacial score (nSPS) is 10.1. The van der Waals surface area contributed by atoms with Crippen molar-refractivity contribution in [1.82, 2.24) is 4.98 Å². The van der Waals surface area contributed by atoms with Gasteiger partial charge in [0.1, 0.15) is 10.2 Å². The van der Waals surface area contributed by atoms with Crippen LogP contribution >= 0.6 is 15.9 Å². The van der Waals surface area contributed by atoms with Gasteiger partial charge < -0.3 is 5.32 Å². The summed E-state index contributed by atoms with van der Waals surface area (Å²) >= 11 is 3.18. The number of nitro benzene ring substituents is 1. The molecule has 1 amide bonds. The monoisotopic (exact) mass is 335 g/mol. The number of rotatable bonds is 3. The predicted molar refractivity (Wildman–Crippen MR) is 77.7 cm³/mol. The molecule has 1 heterocycles.